The Bertz CT molecular complexity index is 805. The molecule has 1 aliphatic heterocycles. The van der Waals surface area contributed by atoms with Crippen LogP contribution in [0.2, 0.25) is 0 Å². The summed E-state index contributed by atoms with van der Waals surface area (Å²) < 4.78 is 38.2. The van der Waals surface area contributed by atoms with E-state index in [0.29, 0.717) is 4.74 Å². The molecule has 6 heteroatoms. The largest absolute Gasteiger partial charge is 0.618 e. The van der Waals surface area contributed by atoms with Crippen LogP contribution in [0.15, 0.2) is 42.5 Å². The number of alkyl halides is 3. The standard InChI is InChI=1S/C16H10F3NO2/c1-9-2-7-13-12(8-9)15(21)14(20(13)22)10-3-5-11(6-4-10)16(17,18)19/h2-8H,1H3. The van der Waals surface area contributed by atoms with E-state index in [-0.39, 0.29) is 22.5 Å². The summed E-state index contributed by atoms with van der Waals surface area (Å²) in [7, 11) is 0. The van der Waals surface area contributed by atoms with Gasteiger partial charge in [0.05, 0.1) is 11.1 Å². The van der Waals surface area contributed by atoms with Crippen molar-refractivity contribution < 1.29 is 22.7 Å². The summed E-state index contributed by atoms with van der Waals surface area (Å²) in [5.74, 6) is -0.478. The number of aryl methyl sites for hydroxylation is 1. The first-order valence-electron chi connectivity index (χ1n) is 6.46. The smallest absolute Gasteiger partial charge is 0.416 e. The quantitative estimate of drug-likeness (QED) is 0.593. The molecule has 0 N–H and O–H groups in total. The van der Waals surface area contributed by atoms with E-state index in [1.54, 1.807) is 19.1 Å². The number of ketones is 1. The summed E-state index contributed by atoms with van der Waals surface area (Å²) >= 11 is 0. The van der Waals surface area contributed by atoms with Crippen LogP contribution in [0.4, 0.5) is 18.9 Å². The summed E-state index contributed by atoms with van der Waals surface area (Å²) in [5, 5.41) is 12.2. The SMILES string of the molecule is Cc1ccc2c(c1)C(=O)C(c1ccc(C(F)(F)F)cc1)=[N+]2[O-]. The number of carbonyl (C=O) groups excluding carboxylic acids is 1. The highest BCUT2D eigenvalue weighted by Crippen LogP contribution is 2.31. The van der Waals surface area contributed by atoms with Gasteiger partial charge in [-0.1, -0.05) is 6.07 Å². The Kier molecular flexibility index (Phi) is 3.05. The highest BCUT2D eigenvalue weighted by molar-refractivity contribution is 6.52. The summed E-state index contributed by atoms with van der Waals surface area (Å²) in [4.78, 5) is 12.3. The maximum Gasteiger partial charge on any atom is 0.416 e. The molecule has 0 unspecified atom stereocenters. The summed E-state index contributed by atoms with van der Waals surface area (Å²) in [6, 6.07) is 8.83. The first-order chi connectivity index (χ1) is 10.3. The lowest BCUT2D eigenvalue weighted by Gasteiger charge is -2.07. The van der Waals surface area contributed by atoms with E-state index in [1.807, 2.05) is 0 Å². The predicted octanol–water partition coefficient (Wildman–Crippen LogP) is 3.84. The van der Waals surface area contributed by atoms with Gasteiger partial charge in [-0.2, -0.15) is 17.9 Å². The zero-order valence-electron chi connectivity index (χ0n) is 11.4. The first-order valence-corrected chi connectivity index (χ1v) is 6.46. The van der Waals surface area contributed by atoms with Gasteiger partial charge < -0.3 is 5.21 Å². The predicted molar refractivity (Wildman–Crippen MR) is 74.3 cm³/mol. The average molecular weight is 305 g/mol. The summed E-state index contributed by atoms with van der Waals surface area (Å²) in [5.41, 5.74) is 0.494. The van der Waals surface area contributed by atoms with Gasteiger partial charge in [0, 0.05) is 6.07 Å². The lowest BCUT2D eigenvalue weighted by Crippen LogP contribution is -2.17. The molecule has 0 saturated heterocycles. The number of hydrogen-bond acceptors (Lipinski definition) is 2. The number of benzene rings is 2. The van der Waals surface area contributed by atoms with Gasteiger partial charge in [-0.3, -0.25) is 4.79 Å². The molecule has 3 rings (SSSR count). The van der Waals surface area contributed by atoms with Crippen LogP contribution in [0.5, 0.6) is 0 Å². The summed E-state index contributed by atoms with van der Waals surface area (Å²) in [6.45, 7) is 1.79. The van der Waals surface area contributed by atoms with E-state index in [4.69, 9.17) is 0 Å². The zero-order chi connectivity index (χ0) is 16.1. The van der Waals surface area contributed by atoms with Crippen molar-refractivity contribution in [3.63, 3.8) is 0 Å². The maximum atomic E-state index is 12.6. The minimum atomic E-state index is -4.46. The van der Waals surface area contributed by atoms with E-state index in [9.17, 15) is 23.2 Å². The van der Waals surface area contributed by atoms with E-state index in [0.717, 1.165) is 29.8 Å². The molecule has 22 heavy (non-hydrogen) atoms. The fraction of sp³-hybridized carbons (Fsp3) is 0.125. The zero-order valence-corrected chi connectivity index (χ0v) is 11.4. The van der Waals surface area contributed by atoms with Crippen LogP contribution >= 0.6 is 0 Å². The number of rotatable bonds is 1. The van der Waals surface area contributed by atoms with Gasteiger partial charge in [0.25, 0.3) is 11.5 Å². The van der Waals surface area contributed by atoms with E-state index >= 15 is 0 Å². The molecule has 0 amide bonds. The Morgan fingerprint density at radius 2 is 1.68 bits per heavy atom. The van der Waals surface area contributed by atoms with Gasteiger partial charge in [-0.25, -0.2) is 0 Å². The fourth-order valence-corrected chi connectivity index (χ4v) is 2.41. The van der Waals surface area contributed by atoms with Crippen molar-refractivity contribution in [1.29, 1.82) is 0 Å². The third-order valence-electron chi connectivity index (χ3n) is 3.52. The van der Waals surface area contributed by atoms with Gasteiger partial charge in [-0.05, 0) is 42.8 Å². The topological polar surface area (TPSA) is 43.1 Å². The lowest BCUT2D eigenvalue weighted by atomic mass is 10.0. The van der Waals surface area contributed by atoms with Crippen molar-refractivity contribution in [3.05, 3.63) is 69.9 Å². The van der Waals surface area contributed by atoms with E-state index in [2.05, 4.69) is 0 Å². The Morgan fingerprint density at radius 1 is 1.05 bits per heavy atom. The van der Waals surface area contributed by atoms with Crippen molar-refractivity contribution in [2.75, 3.05) is 0 Å². The van der Waals surface area contributed by atoms with E-state index in [1.165, 1.54) is 6.07 Å². The maximum absolute atomic E-state index is 12.6. The Labute approximate surface area is 123 Å². The Balaban J connectivity index is 2.07. The molecule has 0 saturated carbocycles. The highest BCUT2D eigenvalue weighted by Gasteiger charge is 2.37. The Morgan fingerprint density at radius 3 is 2.27 bits per heavy atom. The molecule has 0 aliphatic carbocycles. The van der Waals surface area contributed by atoms with Crippen LogP contribution in [-0.2, 0) is 6.18 Å². The number of hydrogen-bond donors (Lipinski definition) is 0. The molecule has 3 nitrogen and oxygen atoms in total. The molecule has 0 aromatic heterocycles. The van der Waals surface area contributed by atoms with Crippen molar-refractivity contribution in [3.8, 4) is 0 Å². The van der Waals surface area contributed by atoms with Gasteiger partial charge in [0.1, 0.15) is 5.56 Å². The third-order valence-corrected chi connectivity index (χ3v) is 3.52. The molecule has 0 atom stereocenters. The third kappa shape index (κ3) is 2.16. The van der Waals surface area contributed by atoms with Crippen molar-refractivity contribution in [2.24, 2.45) is 0 Å². The van der Waals surface area contributed by atoms with Crippen LogP contribution in [0, 0.1) is 12.1 Å². The molecular weight excluding hydrogens is 295 g/mol. The normalized spacial score (nSPS) is 14.5. The van der Waals surface area contributed by atoms with Crippen LogP contribution in [-0.4, -0.2) is 16.2 Å². The highest BCUT2D eigenvalue weighted by atomic mass is 19.4. The van der Waals surface area contributed by atoms with Gasteiger partial charge in [0.15, 0.2) is 0 Å². The molecule has 2 aromatic rings. The number of nitrogens with zero attached hydrogens (tertiary/aromatic N) is 1. The minimum Gasteiger partial charge on any atom is -0.618 e. The molecule has 0 bridgehead atoms. The van der Waals surface area contributed by atoms with Crippen LogP contribution in [0.25, 0.3) is 0 Å². The van der Waals surface area contributed by atoms with Crippen LogP contribution in [0.3, 0.4) is 0 Å². The average Bonchev–Trinajstić information content (AvgIpc) is 2.70. The van der Waals surface area contributed by atoms with Crippen molar-refractivity contribution >= 4 is 17.2 Å². The number of fused-ring (bicyclic) bond motifs is 1. The molecule has 0 fully saturated rings. The fourth-order valence-electron chi connectivity index (χ4n) is 2.41. The second kappa shape index (κ2) is 4.69. The molecule has 1 heterocycles. The first kappa shape index (κ1) is 14.3. The number of carbonyl (C=O) groups is 1. The van der Waals surface area contributed by atoms with Crippen molar-refractivity contribution in [2.45, 2.75) is 13.1 Å². The van der Waals surface area contributed by atoms with Crippen LogP contribution < -0.4 is 0 Å². The van der Waals surface area contributed by atoms with E-state index < -0.39 is 17.5 Å². The minimum absolute atomic E-state index is 0.158. The number of halogens is 3. The lowest BCUT2D eigenvalue weighted by molar-refractivity contribution is -0.355. The van der Waals surface area contributed by atoms with Crippen LogP contribution in [0.1, 0.15) is 27.0 Å². The van der Waals surface area contributed by atoms with Gasteiger partial charge in [0.2, 0.25) is 5.69 Å². The molecule has 0 spiro atoms. The monoisotopic (exact) mass is 305 g/mol. The molecule has 0 radical (unpaired) electrons. The molecular formula is C16H10F3NO2. The molecule has 1 aliphatic rings. The van der Waals surface area contributed by atoms with Crippen molar-refractivity contribution in [1.82, 2.24) is 0 Å². The molecule has 112 valence electrons. The molecule has 2 aromatic carbocycles. The van der Waals surface area contributed by atoms with Gasteiger partial charge >= 0.3 is 6.18 Å². The summed E-state index contributed by atoms with van der Waals surface area (Å²) in [6.07, 6.45) is -4.46. The van der Waals surface area contributed by atoms with Gasteiger partial charge in [-0.15, -0.1) is 0 Å². The second-order valence-electron chi connectivity index (χ2n) is 5.07. The Hall–Kier alpha value is -2.63. The second-order valence-corrected chi connectivity index (χ2v) is 5.07. The number of Topliss-reactive ketones (excluding diaryl/α,β-unsaturated/α-hetero) is 1.